The molecule has 2 atom stereocenters. The second-order valence-corrected chi connectivity index (χ2v) is 5.83. The van der Waals surface area contributed by atoms with Crippen LogP contribution in [0.2, 0.25) is 0 Å². The molecule has 15 heavy (non-hydrogen) atoms. The van der Waals surface area contributed by atoms with Crippen LogP contribution in [-0.2, 0) is 0 Å². The molecule has 0 amide bonds. The number of nitrogens with zero attached hydrogens (tertiary/aromatic N) is 3. The van der Waals surface area contributed by atoms with Crippen molar-refractivity contribution in [2.24, 2.45) is 0 Å². The maximum Gasteiger partial charge on any atom is 0.227 e. The van der Waals surface area contributed by atoms with Crippen molar-refractivity contribution in [1.29, 1.82) is 0 Å². The first-order valence-electron chi connectivity index (χ1n) is 5.14. The first kappa shape index (κ1) is 10.5. The molecule has 0 bridgehead atoms. The molecule has 5 heteroatoms. The minimum absolute atomic E-state index is 0.540. The summed E-state index contributed by atoms with van der Waals surface area (Å²) in [5.74, 6) is 1.30. The largest absolute Gasteiger partial charge is 0.384 e. The third-order valence-electron chi connectivity index (χ3n) is 2.37. The number of thioether (sulfide) groups is 1. The quantitative estimate of drug-likeness (QED) is 0.781. The fourth-order valence-electron chi connectivity index (χ4n) is 1.86. The molecule has 82 valence electrons. The van der Waals surface area contributed by atoms with Crippen molar-refractivity contribution in [2.45, 2.75) is 24.3 Å². The highest BCUT2D eigenvalue weighted by molar-refractivity contribution is 8.00. The molecule has 2 N–H and O–H groups in total. The smallest absolute Gasteiger partial charge is 0.227 e. The van der Waals surface area contributed by atoms with Gasteiger partial charge in [0.15, 0.2) is 0 Å². The van der Waals surface area contributed by atoms with E-state index in [0.717, 1.165) is 19.0 Å². The van der Waals surface area contributed by atoms with E-state index in [1.54, 1.807) is 12.3 Å². The zero-order valence-corrected chi connectivity index (χ0v) is 9.87. The zero-order valence-electron chi connectivity index (χ0n) is 9.05. The van der Waals surface area contributed by atoms with Crippen LogP contribution in [0.5, 0.6) is 0 Å². The molecule has 2 rings (SSSR count). The number of nitrogens with two attached hydrogens (primary N) is 1. The summed E-state index contributed by atoms with van der Waals surface area (Å²) < 4.78 is 0. The average molecular weight is 224 g/mol. The second kappa shape index (κ2) is 4.26. The van der Waals surface area contributed by atoms with Crippen LogP contribution in [0, 0.1) is 0 Å². The molecule has 1 aromatic rings. The number of hydrogen-bond acceptors (Lipinski definition) is 5. The minimum Gasteiger partial charge on any atom is -0.384 e. The summed E-state index contributed by atoms with van der Waals surface area (Å²) in [6.45, 7) is 6.47. The highest BCUT2D eigenvalue weighted by Crippen LogP contribution is 2.26. The summed E-state index contributed by atoms with van der Waals surface area (Å²) in [5, 5.41) is 1.25. The molecule has 0 saturated carbocycles. The van der Waals surface area contributed by atoms with Gasteiger partial charge in [0.05, 0.1) is 0 Å². The van der Waals surface area contributed by atoms with E-state index < -0.39 is 0 Å². The van der Waals surface area contributed by atoms with Crippen molar-refractivity contribution in [3.05, 3.63) is 12.3 Å². The molecular formula is C10H16N4S. The molecule has 2 unspecified atom stereocenters. The van der Waals surface area contributed by atoms with Crippen LogP contribution in [0.25, 0.3) is 0 Å². The lowest BCUT2D eigenvalue weighted by molar-refractivity contribution is 0.707. The van der Waals surface area contributed by atoms with E-state index in [1.807, 2.05) is 11.8 Å². The lowest BCUT2D eigenvalue weighted by Gasteiger charge is -2.34. The minimum atomic E-state index is 0.540. The molecule has 0 aromatic carbocycles. The number of aromatic nitrogens is 2. The van der Waals surface area contributed by atoms with Crippen molar-refractivity contribution < 1.29 is 0 Å². The number of nitrogen functional groups attached to an aromatic ring is 1. The van der Waals surface area contributed by atoms with Gasteiger partial charge in [0.25, 0.3) is 0 Å². The first-order valence-corrected chi connectivity index (χ1v) is 6.08. The van der Waals surface area contributed by atoms with Gasteiger partial charge in [0.1, 0.15) is 5.82 Å². The average Bonchev–Trinajstić information content (AvgIpc) is 2.16. The van der Waals surface area contributed by atoms with Crippen LogP contribution in [0.1, 0.15) is 13.8 Å². The van der Waals surface area contributed by atoms with Crippen LogP contribution in [0.3, 0.4) is 0 Å². The van der Waals surface area contributed by atoms with E-state index in [1.165, 1.54) is 0 Å². The van der Waals surface area contributed by atoms with Gasteiger partial charge in [-0.05, 0) is 6.07 Å². The van der Waals surface area contributed by atoms with Gasteiger partial charge in [-0.3, -0.25) is 0 Å². The predicted octanol–water partition coefficient (Wildman–Crippen LogP) is 1.39. The molecule has 2 heterocycles. The lowest BCUT2D eigenvalue weighted by Crippen LogP contribution is -2.41. The Balaban J connectivity index is 2.16. The highest BCUT2D eigenvalue weighted by Gasteiger charge is 2.23. The summed E-state index contributed by atoms with van der Waals surface area (Å²) in [6.07, 6.45) is 1.72. The van der Waals surface area contributed by atoms with Gasteiger partial charge >= 0.3 is 0 Å². The number of rotatable bonds is 1. The molecule has 0 radical (unpaired) electrons. The highest BCUT2D eigenvalue weighted by atomic mass is 32.2. The van der Waals surface area contributed by atoms with E-state index in [0.29, 0.717) is 16.3 Å². The Kier molecular flexibility index (Phi) is 3.00. The molecule has 1 fully saturated rings. The van der Waals surface area contributed by atoms with E-state index >= 15 is 0 Å². The van der Waals surface area contributed by atoms with Crippen LogP contribution < -0.4 is 10.6 Å². The van der Waals surface area contributed by atoms with Gasteiger partial charge in [-0.15, -0.1) is 0 Å². The van der Waals surface area contributed by atoms with Crippen molar-refractivity contribution >= 4 is 23.5 Å². The van der Waals surface area contributed by atoms with Gasteiger partial charge in [-0.1, -0.05) is 13.8 Å². The van der Waals surface area contributed by atoms with Crippen molar-refractivity contribution in [3.8, 4) is 0 Å². The summed E-state index contributed by atoms with van der Waals surface area (Å²) >= 11 is 2.02. The Morgan fingerprint density at radius 1 is 1.40 bits per heavy atom. The maximum atomic E-state index is 5.65. The number of hydrogen-bond donors (Lipinski definition) is 1. The van der Waals surface area contributed by atoms with Gasteiger partial charge in [-0.2, -0.15) is 16.7 Å². The zero-order chi connectivity index (χ0) is 10.8. The molecule has 4 nitrogen and oxygen atoms in total. The Labute approximate surface area is 94.3 Å². The Morgan fingerprint density at radius 2 is 2.07 bits per heavy atom. The standard InChI is InChI=1S/C10H16N4S/c1-7-5-14(6-8(2)15-7)10-12-4-3-9(11)13-10/h3-4,7-8H,5-6H2,1-2H3,(H2,11,12,13). The van der Waals surface area contributed by atoms with Gasteiger partial charge < -0.3 is 10.6 Å². The topological polar surface area (TPSA) is 55.0 Å². The maximum absolute atomic E-state index is 5.65. The van der Waals surface area contributed by atoms with Crippen molar-refractivity contribution in [2.75, 3.05) is 23.7 Å². The molecule has 0 aliphatic carbocycles. The normalized spacial score (nSPS) is 26.7. The van der Waals surface area contributed by atoms with Gasteiger partial charge in [-0.25, -0.2) is 4.98 Å². The number of anilines is 2. The molecule has 1 aliphatic rings. The van der Waals surface area contributed by atoms with Crippen LogP contribution in [0.4, 0.5) is 11.8 Å². The summed E-state index contributed by atoms with van der Waals surface area (Å²) in [7, 11) is 0. The Hall–Kier alpha value is -0.970. The first-order chi connectivity index (χ1) is 7.15. The molecule has 0 spiro atoms. The van der Waals surface area contributed by atoms with Crippen molar-refractivity contribution in [1.82, 2.24) is 9.97 Å². The van der Waals surface area contributed by atoms with E-state index in [2.05, 4.69) is 28.7 Å². The van der Waals surface area contributed by atoms with Crippen LogP contribution in [0.15, 0.2) is 12.3 Å². The van der Waals surface area contributed by atoms with E-state index in [9.17, 15) is 0 Å². The van der Waals surface area contributed by atoms with Gasteiger partial charge in [0, 0.05) is 29.8 Å². The third kappa shape index (κ3) is 2.53. The Morgan fingerprint density at radius 3 is 2.67 bits per heavy atom. The van der Waals surface area contributed by atoms with E-state index in [-0.39, 0.29) is 0 Å². The predicted molar refractivity (Wildman–Crippen MR) is 65.2 cm³/mol. The lowest BCUT2D eigenvalue weighted by atomic mass is 10.3. The Bertz CT molecular complexity index is 334. The third-order valence-corrected chi connectivity index (χ3v) is 3.59. The molecular weight excluding hydrogens is 208 g/mol. The van der Waals surface area contributed by atoms with Crippen LogP contribution >= 0.6 is 11.8 Å². The summed E-state index contributed by atoms with van der Waals surface area (Å²) in [5.41, 5.74) is 5.65. The summed E-state index contributed by atoms with van der Waals surface area (Å²) in [6, 6.07) is 1.72. The van der Waals surface area contributed by atoms with Crippen molar-refractivity contribution in [3.63, 3.8) is 0 Å². The second-order valence-electron chi connectivity index (χ2n) is 3.94. The fourth-order valence-corrected chi connectivity index (χ4v) is 3.18. The SMILES string of the molecule is CC1CN(c2nccc(N)n2)CC(C)S1. The molecule has 1 aromatic heterocycles. The fraction of sp³-hybridized carbons (Fsp3) is 0.600. The van der Waals surface area contributed by atoms with Crippen LogP contribution in [-0.4, -0.2) is 33.6 Å². The monoisotopic (exact) mass is 224 g/mol. The summed E-state index contributed by atoms with van der Waals surface area (Å²) in [4.78, 5) is 10.7. The molecule has 1 aliphatic heterocycles. The van der Waals surface area contributed by atoms with E-state index in [4.69, 9.17) is 5.73 Å². The molecule has 1 saturated heterocycles. The van der Waals surface area contributed by atoms with Gasteiger partial charge in [0.2, 0.25) is 5.95 Å².